The molecule has 1 aromatic heterocycles. The number of halogens is 3. The van der Waals surface area contributed by atoms with Gasteiger partial charge in [-0.05, 0) is 48.9 Å². The Morgan fingerprint density at radius 3 is 2.63 bits per heavy atom. The lowest BCUT2D eigenvalue weighted by Crippen LogP contribution is -2.22. The summed E-state index contributed by atoms with van der Waals surface area (Å²) in [6, 6.07) is 4.02. The van der Waals surface area contributed by atoms with Crippen molar-refractivity contribution in [3.8, 4) is 10.4 Å². The highest BCUT2D eigenvalue weighted by Gasteiger charge is 2.38. The predicted octanol–water partition coefficient (Wildman–Crippen LogP) is 5.37. The number of hydrogen-bond donors (Lipinski definition) is 2. The maximum atomic E-state index is 13.7. The first-order valence-electron chi connectivity index (χ1n) is 8.77. The molecule has 0 radical (unpaired) electrons. The maximum Gasteiger partial charge on any atom is 0.417 e. The summed E-state index contributed by atoms with van der Waals surface area (Å²) >= 11 is 1.21. The van der Waals surface area contributed by atoms with Gasteiger partial charge in [0, 0.05) is 17.0 Å². The molecule has 146 valence electrons. The molecular formula is C20H22F3NO2S. The molecular weight excluding hydrogens is 375 g/mol. The van der Waals surface area contributed by atoms with Gasteiger partial charge in [0.15, 0.2) is 0 Å². The van der Waals surface area contributed by atoms with Gasteiger partial charge in [-0.1, -0.05) is 26.0 Å². The van der Waals surface area contributed by atoms with Crippen molar-refractivity contribution in [2.75, 3.05) is 7.05 Å². The largest absolute Gasteiger partial charge is 0.478 e. The van der Waals surface area contributed by atoms with E-state index < -0.39 is 17.7 Å². The molecule has 0 bridgehead atoms. The highest BCUT2D eigenvalue weighted by Crippen LogP contribution is 2.48. The molecule has 1 heterocycles. The SMILES string of the molecule is CNCc1cccc(C(F)(F)F)c1-c1sc2c(c1C(=O)O)CC(C)(C)CC2. The van der Waals surface area contributed by atoms with Crippen LogP contribution in [-0.2, 0) is 25.6 Å². The Morgan fingerprint density at radius 2 is 2.04 bits per heavy atom. The van der Waals surface area contributed by atoms with E-state index in [9.17, 15) is 23.1 Å². The second-order valence-electron chi connectivity index (χ2n) is 7.72. The van der Waals surface area contributed by atoms with Gasteiger partial charge in [0.25, 0.3) is 0 Å². The second kappa shape index (κ2) is 6.95. The Hall–Kier alpha value is -1.86. The van der Waals surface area contributed by atoms with Crippen LogP contribution in [-0.4, -0.2) is 18.1 Å². The topological polar surface area (TPSA) is 49.3 Å². The van der Waals surface area contributed by atoms with Crippen LogP contribution in [0.5, 0.6) is 0 Å². The number of fused-ring (bicyclic) bond motifs is 1. The fraction of sp³-hybridized carbons (Fsp3) is 0.450. The highest BCUT2D eigenvalue weighted by molar-refractivity contribution is 7.16. The summed E-state index contributed by atoms with van der Waals surface area (Å²) < 4.78 is 41.2. The third-order valence-corrected chi connectivity index (χ3v) is 6.35. The molecule has 0 unspecified atom stereocenters. The Kier molecular flexibility index (Phi) is 5.12. The van der Waals surface area contributed by atoms with Gasteiger partial charge in [0.1, 0.15) is 0 Å². The molecule has 1 aliphatic carbocycles. The lowest BCUT2D eigenvalue weighted by molar-refractivity contribution is -0.137. The number of nitrogens with one attached hydrogen (secondary N) is 1. The number of aromatic carboxylic acids is 1. The van der Waals surface area contributed by atoms with E-state index in [4.69, 9.17) is 0 Å². The number of rotatable bonds is 4. The first-order chi connectivity index (χ1) is 12.5. The van der Waals surface area contributed by atoms with Crippen LogP contribution in [0.2, 0.25) is 0 Å². The van der Waals surface area contributed by atoms with Crippen molar-refractivity contribution in [3.63, 3.8) is 0 Å². The molecule has 7 heteroatoms. The standard InChI is InChI=1S/C20H22F3NO2S/c1-19(2)8-7-14-12(9-19)16(18(25)26)17(27-14)15-11(10-24-3)5-4-6-13(15)20(21,22)23/h4-6,24H,7-10H2,1-3H3,(H,25,26). The molecule has 27 heavy (non-hydrogen) atoms. The van der Waals surface area contributed by atoms with Gasteiger partial charge in [-0.25, -0.2) is 4.79 Å². The molecule has 1 aliphatic rings. The number of carboxylic acid groups (broad SMARTS) is 1. The van der Waals surface area contributed by atoms with Crippen LogP contribution in [0, 0.1) is 5.41 Å². The zero-order valence-electron chi connectivity index (χ0n) is 15.5. The predicted molar refractivity (Wildman–Crippen MR) is 100 cm³/mol. The normalized spacial score (nSPS) is 16.2. The van der Waals surface area contributed by atoms with Crippen molar-refractivity contribution in [2.24, 2.45) is 5.41 Å². The van der Waals surface area contributed by atoms with Crippen molar-refractivity contribution >= 4 is 17.3 Å². The van der Waals surface area contributed by atoms with Gasteiger partial charge in [0.2, 0.25) is 0 Å². The molecule has 0 aliphatic heterocycles. The fourth-order valence-electron chi connectivity index (χ4n) is 3.76. The average Bonchev–Trinajstić information content (AvgIpc) is 2.91. The third-order valence-electron chi connectivity index (χ3n) is 5.04. The maximum absolute atomic E-state index is 13.7. The Labute approximate surface area is 160 Å². The number of benzene rings is 1. The average molecular weight is 397 g/mol. The van der Waals surface area contributed by atoms with Gasteiger partial charge in [-0.15, -0.1) is 11.3 Å². The summed E-state index contributed by atoms with van der Waals surface area (Å²) in [5, 5.41) is 12.8. The molecule has 3 rings (SSSR count). The molecule has 0 fully saturated rings. The number of hydrogen-bond acceptors (Lipinski definition) is 3. The van der Waals surface area contributed by atoms with E-state index in [0.717, 1.165) is 17.4 Å². The van der Waals surface area contributed by atoms with E-state index in [1.165, 1.54) is 17.4 Å². The van der Waals surface area contributed by atoms with Gasteiger partial charge in [-0.3, -0.25) is 0 Å². The van der Waals surface area contributed by atoms with Gasteiger partial charge >= 0.3 is 12.1 Å². The minimum absolute atomic E-state index is 0.00560. The third kappa shape index (κ3) is 3.75. The van der Waals surface area contributed by atoms with Crippen molar-refractivity contribution in [1.29, 1.82) is 0 Å². The summed E-state index contributed by atoms with van der Waals surface area (Å²) in [6.45, 7) is 4.36. The van der Waals surface area contributed by atoms with E-state index in [1.54, 1.807) is 13.1 Å². The number of carbonyl (C=O) groups is 1. The highest BCUT2D eigenvalue weighted by atomic mass is 32.1. The first kappa shape index (κ1) is 19.9. The number of carboxylic acids is 1. The van der Waals surface area contributed by atoms with Crippen LogP contribution >= 0.6 is 11.3 Å². The van der Waals surface area contributed by atoms with Crippen LogP contribution < -0.4 is 5.32 Å². The number of thiophene rings is 1. The van der Waals surface area contributed by atoms with Gasteiger partial charge < -0.3 is 10.4 Å². The summed E-state index contributed by atoms with van der Waals surface area (Å²) in [7, 11) is 1.66. The van der Waals surface area contributed by atoms with Gasteiger partial charge in [0.05, 0.1) is 16.0 Å². The second-order valence-corrected chi connectivity index (χ2v) is 8.83. The van der Waals surface area contributed by atoms with E-state index in [0.29, 0.717) is 24.0 Å². The summed E-state index contributed by atoms with van der Waals surface area (Å²) in [4.78, 5) is 13.2. The Bertz CT molecular complexity index is 884. The quantitative estimate of drug-likeness (QED) is 0.730. The van der Waals surface area contributed by atoms with E-state index in [2.05, 4.69) is 19.2 Å². The van der Waals surface area contributed by atoms with E-state index >= 15 is 0 Å². The summed E-state index contributed by atoms with van der Waals surface area (Å²) in [6.07, 6.45) is -2.40. The molecule has 1 aromatic carbocycles. The molecule has 0 spiro atoms. The van der Waals surface area contributed by atoms with Crippen LogP contribution in [0.15, 0.2) is 18.2 Å². The molecule has 0 saturated heterocycles. The minimum Gasteiger partial charge on any atom is -0.478 e. The Balaban J connectivity index is 2.32. The molecule has 0 amide bonds. The van der Waals surface area contributed by atoms with Crippen LogP contribution in [0.4, 0.5) is 13.2 Å². The van der Waals surface area contributed by atoms with Crippen molar-refractivity contribution < 1.29 is 23.1 Å². The fourth-order valence-corrected chi connectivity index (χ4v) is 5.17. The summed E-state index contributed by atoms with van der Waals surface area (Å²) in [5.74, 6) is -1.16. The lowest BCUT2D eigenvalue weighted by atomic mass is 9.75. The zero-order chi connectivity index (χ0) is 20.0. The van der Waals surface area contributed by atoms with Gasteiger partial charge in [-0.2, -0.15) is 13.2 Å². The molecule has 2 N–H and O–H groups in total. The molecule has 0 atom stereocenters. The minimum atomic E-state index is -4.56. The molecule has 3 nitrogen and oxygen atoms in total. The van der Waals surface area contributed by atoms with Crippen LogP contribution in [0.3, 0.4) is 0 Å². The van der Waals surface area contributed by atoms with Crippen molar-refractivity contribution in [3.05, 3.63) is 45.3 Å². The number of aryl methyl sites for hydroxylation is 1. The smallest absolute Gasteiger partial charge is 0.417 e. The monoisotopic (exact) mass is 397 g/mol. The lowest BCUT2D eigenvalue weighted by Gasteiger charge is -2.29. The summed E-state index contributed by atoms with van der Waals surface area (Å²) in [5.41, 5.74) is 0.340. The first-order valence-corrected chi connectivity index (χ1v) is 9.58. The van der Waals surface area contributed by atoms with Crippen molar-refractivity contribution in [1.82, 2.24) is 5.32 Å². The van der Waals surface area contributed by atoms with Crippen LogP contribution in [0.1, 0.15) is 52.2 Å². The molecule has 0 saturated carbocycles. The van der Waals surface area contributed by atoms with Crippen LogP contribution in [0.25, 0.3) is 10.4 Å². The molecule has 2 aromatic rings. The van der Waals surface area contributed by atoms with E-state index in [-0.39, 0.29) is 28.0 Å². The number of alkyl halides is 3. The zero-order valence-corrected chi connectivity index (χ0v) is 16.3. The van der Waals surface area contributed by atoms with E-state index in [1.807, 2.05) is 0 Å². The van der Waals surface area contributed by atoms with Crippen molar-refractivity contribution in [2.45, 2.75) is 45.8 Å². The Morgan fingerprint density at radius 1 is 1.33 bits per heavy atom.